The van der Waals surface area contributed by atoms with Crippen molar-refractivity contribution in [2.45, 2.75) is 12.5 Å². The Balaban J connectivity index is 1.53. The third-order valence-electron chi connectivity index (χ3n) is 6.61. The van der Waals surface area contributed by atoms with Gasteiger partial charge < -0.3 is 33.6 Å². The topological polar surface area (TPSA) is 114 Å². The molecular weight excluding hydrogens is 476 g/mol. The maximum absolute atomic E-state index is 13.2. The van der Waals surface area contributed by atoms with Gasteiger partial charge >= 0.3 is 0 Å². The number of Topliss-reactive ketones (excluding diaryl/α,β-unsaturated/α-hetero) is 1. The Hall–Kier alpha value is -4.66. The lowest BCUT2D eigenvalue weighted by Gasteiger charge is -2.23. The van der Waals surface area contributed by atoms with Crippen molar-refractivity contribution in [2.24, 2.45) is 0 Å². The summed E-state index contributed by atoms with van der Waals surface area (Å²) in [4.78, 5) is 31.1. The number of furan rings is 1. The fourth-order valence-corrected chi connectivity index (χ4v) is 4.72. The number of aliphatic hydroxyl groups is 1. The third-order valence-corrected chi connectivity index (χ3v) is 6.61. The van der Waals surface area contributed by atoms with Gasteiger partial charge in [0.15, 0.2) is 11.5 Å². The summed E-state index contributed by atoms with van der Waals surface area (Å²) in [6, 6.07) is 13.0. The number of amides is 1. The van der Waals surface area contributed by atoms with Crippen LogP contribution in [0.3, 0.4) is 0 Å². The van der Waals surface area contributed by atoms with Gasteiger partial charge in [0.25, 0.3) is 11.7 Å². The van der Waals surface area contributed by atoms with Crippen LogP contribution in [0.5, 0.6) is 17.2 Å². The molecule has 37 heavy (non-hydrogen) atoms. The van der Waals surface area contributed by atoms with Gasteiger partial charge in [0.05, 0.1) is 33.2 Å². The van der Waals surface area contributed by atoms with Crippen LogP contribution in [0.15, 0.2) is 71.0 Å². The molecule has 1 fully saturated rings. The number of nitrogens with one attached hydrogen (secondary N) is 1. The van der Waals surface area contributed by atoms with Crippen molar-refractivity contribution >= 4 is 28.4 Å². The van der Waals surface area contributed by atoms with Crippen LogP contribution in [0.2, 0.25) is 0 Å². The molecule has 0 bridgehead atoms. The molecule has 1 atom stereocenters. The van der Waals surface area contributed by atoms with E-state index in [0.29, 0.717) is 29.2 Å². The molecule has 9 nitrogen and oxygen atoms in total. The number of benzene rings is 2. The number of aliphatic hydroxyl groups excluding tert-OH is 1. The van der Waals surface area contributed by atoms with E-state index in [0.717, 1.165) is 22.2 Å². The number of likely N-dealkylation sites (tertiary alicyclic amines) is 1. The van der Waals surface area contributed by atoms with Crippen molar-refractivity contribution in [3.05, 3.63) is 83.5 Å². The van der Waals surface area contributed by atoms with E-state index < -0.39 is 17.7 Å². The highest BCUT2D eigenvalue weighted by molar-refractivity contribution is 6.46. The number of H-pyrrole nitrogens is 1. The zero-order valence-corrected chi connectivity index (χ0v) is 20.6. The highest BCUT2D eigenvalue weighted by Crippen LogP contribution is 2.41. The molecule has 2 aromatic heterocycles. The molecule has 1 amide bonds. The molecule has 0 saturated carbocycles. The van der Waals surface area contributed by atoms with Gasteiger partial charge in [-0.3, -0.25) is 9.59 Å². The van der Waals surface area contributed by atoms with Gasteiger partial charge in [0.2, 0.25) is 0 Å². The average molecular weight is 503 g/mol. The van der Waals surface area contributed by atoms with Crippen LogP contribution < -0.4 is 14.2 Å². The zero-order chi connectivity index (χ0) is 26.1. The minimum absolute atomic E-state index is 0.0484. The number of methoxy groups -OCH3 is 3. The number of rotatable bonds is 8. The Morgan fingerprint density at radius 3 is 2.54 bits per heavy atom. The molecule has 4 aromatic rings. The van der Waals surface area contributed by atoms with E-state index in [-0.39, 0.29) is 17.9 Å². The first-order chi connectivity index (χ1) is 18.0. The second-order valence-corrected chi connectivity index (χ2v) is 8.55. The van der Waals surface area contributed by atoms with E-state index in [9.17, 15) is 14.7 Å². The number of hydrogen-bond acceptors (Lipinski definition) is 7. The van der Waals surface area contributed by atoms with E-state index in [1.165, 1.54) is 25.4 Å². The quantitative estimate of drug-likeness (QED) is 0.208. The summed E-state index contributed by atoms with van der Waals surface area (Å²) in [6.07, 6.45) is 3.82. The summed E-state index contributed by atoms with van der Waals surface area (Å²) in [5.41, 5.74) is 2.17. The number of carbonyl (C=O) groups is 2. The fourth-order valence-electron chi connectivity index (χ4n) is 4.72. The molecule has 2 N–H and O–H groups in total. The van der Waals surface area contributed by atoms with Crippen molar-refractivity contribution in [2.75, 3.05) is 27.9 Å². The maximum atomic E-state index is 13.2. The normalized spacial score (nSPS) is 16.9. The molecular formula is C28H26N2O7. The van der Waals surface area contributed by atoms with Crippen LogP contribution in [0.25, 0.3) is 16.7 Å². The Kier molecular flexibility index (Phi) is 6.35. The van der Waals surface area contributed by atoms with E-state index in [2.05, 4.69) is 4.98 Å². The predicted octanol–water partition coefficient (Wildman–Crippen LogP) is 4.45. The van der Waals surface area contributed by atoms with Gasteiger partial charge in [-0.05, 0) is 60.5 Å². The lowest BCUT2D eigenvalue weighted by molar-refractivity contribution is -0.140. The summed E-state index contributed by atoms with van der Waals surface area (Å²) in [5, 5.41) is 12.2. The smallest absolute Gasteiger partial charge is 0.295 e. The predicted molar refractivity (Wildman–Crippen MR) is 136 cm³/mol. The number of fused-ring (bicyclic) bond motifs is 1. The van der Waals surface area contributed by atoms with Gasteiger partial charge in [-0.25, -0.2) is 0 Å². The zero-order valence-electron chi connectivity index (χ0n) is 20.6. The SMILES string of the molecule is COc1ccc2[nH]cc(CCN3C(=O)C(=O)/C(=C(\O)c4ccc(OC)c(OC)c4)C3c3ccco3)c2c1. The second-order valence-electron chi connectivity index (χ2n) is 8.55. The van der Waals surface area contributed by atoms with Gasteiger partial charge in [-0.15, -0.1) is 0 Å². The van der Waals surface area contributed by atoms with E-state index in [1.54, 1.807) is 37.4 Å². The fraction of sp³-hybridized carbons (Fsp3) is 0.214. The van der Waals surface area contributed by atoms with E-state index in [1.807, 2.05) is 24.4 Å². The van der Waals surface area contributed by atoms with Gasteiger partial charge in [-0.1, -0.05) is 0 Å². The first-order valence-corrected chi connectivity index (χ1v) is 11.6. The standard InChI is InChI=1S/C28H26N2O7/c1-34-18-7-8-20-19(14-18)17(15-29-20)10-11-30-25(22-5-4-12-37-22)24(27(32)28(30)33)26(31)16-6-9-21(35-2)23(13-16)36-3/h4-9,12-15,25,29,31H,10-11H2,1-3H3/b26-24-. The maximum Gasteiger partial charge on any atom is 0.295 e. The molecule has 0 aliphatic carbocycles. The average Bonchev–Trinajstić information content (AvgIpc) is 3.65. The van der Waals surface area contributed by atoms with Crippen molar-refractivity contribution in [3.63, 3.8) is 0 Å². The summed E-state index contributed by atoms with van der Waals surface area (Å²) in [7, 11) is 4.59. The molecule has 1 unspecified atom stereocenters. The highest BCUT2D eigenvalue weighted by Gasteiger charge is 2.47. The molecule has 5 rings (SSSR count). The largest absolute Gasteiger partial charge is 0.507 e. The van der Waals surface area contributed by atoms with Crippen LogP contribution in [0.4, 0.5) is 0 Å². The molecule has 9 heteroatoms. The summed E-state index contributed by atoms with van der Waals surface area (Å²) in [6.45, 7) is 0.225. The summed E-state index contributed by atoms with van der Waals surface area (Å²) >= 11 is 0. The number of aromatic nitrogens is 1. The minimum Gasteiger partial charge on any atom is -0.507 e. The Morgan fingerprint density at radius 1 is 1.03 bits per heavy atom. The molecule has 3 heterocycles. The van der Waals surface area contributed by atoms with Crippen molar-refractivity contribution in [1.82, 2.24) is 9.88 Å². The molecule has 190 valence electrons. The van der Waals surface area contributed by atoms with Crippen molar-refractivity contribution in [3.8, 4) is 17.2 Å². The highest BCUT2D eigenvalue weighted by atomic mass is 16.5. The molecule has 1 aliphatic rings. The van der Waals surface area contributed by atoms with Crippen LogP contribution >= 0.6 is 0 Å². The second kappa shape index (κ2) is 9.77. The molecule has 2 aromatic carbocycles. The van der Waals surface area contributed by atoms with Gasteiger partial charge in [0.1, 0.15) is 23.3 Å². The molecule has 0 spiro atoms. The summed E-state index contributed by atoms with van der Waals surface area (Å²) in [5.74, 6) is 0.138. The number of aromatic amines is 1. The first kappa shape index (κ1) is 24.1. The molecule has 1 saturated heterocycles. The van der Waals surface area contributed by atoms with Gasteiger partial charge in [0, 0.05) is 29.2 Å². The molecule has 0 radical (unpaired) electrons. The lowest BCUT2D eigenvalue weighted by atomic mass is 9.99. The van der Waals surface area contributed by atoms with Crippen LogP contribution in [-0.4, -0.2) is 54.6 Å². The van der Waals surface area contributed by atoms with Crippen molar-refractivity contribution < 1.29 is 33.3 Å². The van der Waals surface area contributed by atoms with Crippen molar-refractivity contribution in [1.29, 1.82) is 0 Å². The number of ether oxygens (including phenoxy) is 3. The monoisotopic (exact) mass is 502 g/mol. The molecule has 1 aliphatic heterocycles. The number of ketones is 1. The Bertz CT molecular complexity index is 1500. The Morgan fingerprint density at radius 2 is 1.84 bits per heavy atom. The number of hydrogen-bond donors (Lipinski definition) is 2. The van der Waals surface area contributed by atoms with Gasteiger partial charge in [-0.2, -0.15) is 0 Å². The van der Waals surface area contributed by atoms with Crippen LogP contribution in [-0.2, 0) is 16.0 Å². The van der Waals surface area contributed by atoms with E-state index >= 15 is 0 Å². The first-order valence-electron chi connectivity index (χ1n) is 11.6. The Labute approximate surface area is 212 Å². The number of nitrogens with zero attached hydrogens (tertiary/aromatic N) is 1. The summed E-state index contributed by atoms with van der Waals surface area (Å²) < 4.78 is 21.6. The minimum atomic E-state index is -0.886. The van der Waals surface area contributed by atoms with Crippen LogP contribution in [0.1, 0.15) is 22.9 Å². The van der Waals surface area contributed by atoms with E-state index in [4.69, 9.17) is 18.6 Å². The van der Waals surface area contributed by atoms with Crippen LogP contribution in [0, 0.1) is 0 Å². The lowest BCUT2D eigenvalue weighted by Crippen LogP contribution is -2.31. The third kappa shape index (κ3) is 4.18. The number of carbonyl (C=O) groups excluding carboxylic acids is 2.